The molecule has 0 radical (unpaired) electrons. The van der Waals surface area contributed by atoms with Crippen molar-refractivity contribution in [2.75, 3.05) is 13.7 Å². The van der Waals surface area contributed by atoms with E-state index >= 15 is 0 Å². The lowest BCUT2D eigenvalue weighted by molar-refractivity contribution is -0.201. The second kappa shape index (κ2) is 11.5. The van der Waals surface area contributed by atoms with Crippen molar-refractivity contribution in [3.05, 3.63) is 58.7 Å². The van der Waals surface area contributed by atoms with Gasteiger partial charge in [0.2, 0.25) is 5.91 Å². The van der Waals surface area contributed by atoms with Gasteiger partial charge in [-0.3, -0.25) is 14.4 Å². The Bertz CT molecular complexity index is 907. The number of methoxy groups -OCH3 is 1. The molecule has 0 spiro atoms. The summed E-state index contributed by atoms with van der Waals surface area (Å²) in [5.74, 6) is -0.261. The van der Waals surface area contributed by atoms with E-state index in [0.29, 0.717) is 6.42 Å². The van der Waals surface area contributed by atoms with Crippen molar-refractivity contribution >= 4 is 11.8 Å². The number of ether oxygens (including phenoxy) is 1. The van der Waals surface area contributed by atoms with Crippen LogP contribution in [-0.4, -0.2) is 47.8 Å². The quantitative estimate of drug-likeness (QED) is 0.361. The molecule has 5 N–H and O–H groups in total. The standard InChI is InChI=1S/C24H33N3O5/c1-15-12-19(28)13-16(2)21(15)14-22(25)24(30)27(17(3)23(26)29)32-11-5-6-18-7-9-20(31-4)10-8-18/h7-10,12-13,17,22,28H,5-6,11,14,25H2,1-4H3,(H2,26,29)/t17-,22+/m1/s1. The molecular formula is C24H33N3O5. The number of rotatable bonds is 11. The average molecular weight is 444 g/mol. The van der Waals surface area contributed by atoms with Gasteiger partial charge in [0.25, 0.3) is 5.91 Å². The summed E-state index contributed by atoms with van der Waals surface area (Å²) in [7, 11) is 1.61. The zero-order valence-electron chi connectivity index (χ0n) is 19.1. The van der Waals surface area contributed by atoms with Crippen LogP contribution >= 0.6 is 0 Å². The molecule has 8 nitrogen and oxygen atoms in total. The Balaban J connectivity index is 2.02. The van der Waals surface area contributed by atoms with E-state index in [4.69, 9.17) is 21.0 Å². The maximum Gasteiger partial charge on any atom is 0.264 e. The minimum atomic E-state index is -0.962. The van der Waals surface area contributed by atoms with Crippen LogP contribution in [0.4, 0.5) is 0 Å². The number of nitrogens with two attached hydrogens (primary N) is 2. The number of hydrogen-bond donors (Lipinski definition) is 3. The van der Waals surface area contributed by atoms with E-state index in [2.05, 4.69) is 0 Å². The summed E-state index contributed by atoms with van der Waals surface area (Å²) in [5, 5.41) is 10.7. The van der Waals surface area contributed by atoms with Crippen molar-refractivity contribution in [2.45, 2.75) is 52.1 Å². The van der Waals surface area contributed by atoms with Gasteiger partial charge < -0.3 is 21.3 Å². The monoisotopic (exact) mass is 443 g/mol. The van der Waals surface area contributed by atoms with Gasteiger partial charge >= 0.3 is 0 Å². The normalized spacial score (nSPS) is 12.8. The van der Waals surface area contributed by atoms with Crippen LogP contribution in [0.1, 0.15) is 35.6 Å². The molecule has 8 heteroatoms. The average Bonchev–Trinajstić information content (AvgIpc) is 2.75. The molecule has 2 rings (SSSR count). The molecule has 0 fully saturated rings. The number of nitrogens with zero attached hydrogens (tertiary/aromatic N) is 1. The molecule has 2 atom stereocenters. The van der Waals surface area contributed by atoms with E-state index in [1.165, 1.54) is 6.92 Å². The first-order valence-corrected chi connectivity index (χ1v) is 10.6. The number of hydrogen-bond acceptors (Lipinski definition) is 6. The molecule has 0 aliphatic rings. The molecule has 2 amide bonds. The van der Waals surface area contributed by atoms with Crippen LogP contribution in [0.5, 0.6) is 11.5 Å². The molecular weight excluding hydrogens is 410 g/mol. The Labute approximate surface area is 189 Å². The van der Waals surface area contributed by atoms with Gasteiger partial charge in [-0.25, -0.2) is 5.06 Å². The molecule has 0 bridgehead atoms. The summed E-state index contributed by atoms with van der Waals surface area (Å²) in [6, 6.07) is 9.05. The maximum atomic E-state index is 13.0. The number of amides is 2. The van der Waals surface area contributed by atoms with Crippen LogP contribution < -0.4 is 16.2 Å². The van der Waals surface area contributed by atoms with Crippen LogP contribution in [0.3, 0.4) is 0 Å². The van der Waals surface area contributed by atoms with Gasteiger partial charge in [-0.1, -0.05) is 12.1 Å². The summed E-state index contributed by atoms with van der Waals surface area (Å²) in [6.07, 6.45) is 1.61. The second-order valence-corrected chi connectivity index (χ2v) is 7.90. The van der Waals surface area contributed by atoms with Gasteiger partial charge in [-0.05, 0) is 86.6 Å². The van der Waals surface area contributed by atoms with Crippen LogP contribution in [0.15, 0.2) is 36.4 Å². The Morgan fingerprint density at radius 3 is 2.25 bits per heavy atom. The third kappa shape index (κ3) is 6.70. The summed E-state index contributed by atoms with van der Waals surface area (Å²) in [4.78, 5) is 30.4. The number of hydroxylamine groups is 2. The lowest BCUT2D eigenvalue weighted by Gasteiger charge is -2.29. The molecule has 0 saturated heterocycles. The highest BCUT2D eigenvalue weighted by Crippen LogP contribution is 2.22. The molecule has 32 heavy (non-hydrogen) atoms. The third-order valence-corrected chi connectivity index (χ3v) is 5.40. The molecule has 0 saturated carbocycles. The summed E-state index contributed by atoms with van der Waals surface area (Å²) >= 11 is 0. The van der Waals surface area contributed by atoms with E-state index in [1.54, 1.807) is 19.2 Å². The number of aryl methyl sites for hydroxylation is 3. The zero-order chi connectivity index (χ0) is 23.8. The number of benzene rings is 2. The highest BCUT2D eigenvalue weighted by Gasteiger charge is 2.30. The van der Waals surface area contributed by atoms with E-state index in [9.17, 15) is 14.7 Å². The number of primary amides is 1. The molecule has 2 aromatic carbocycles. The molecule has 0 heterocycles. The van der Waals surface area contributed by atoms with Crippen LogP contribution in [0.2, 0.25) is 0 Å². The fourth-order valence-corrected chi connectivity index (χ4v) is 3.48. The minimum Gasteiger partial charge on any atom is -0.508 e. The van der Waals surface area contributed by atoms with Crippen molar-refractivity contribution in [3.8, 4) is 11.5 Å². The van der Waals surface area contributed by atoms with Crippen molar-refractivity contribution in [2.24, 2.45) is 11.5 Å². The number of carbonyl (C=O) groups is 2. The van der Waals surface area contributed by atoms with Crippen LogP contribution in [0, 0.1) is 13.8 Å². The topological polar surface area (TPSA) is 128 Å². The molecule has 174 valence electrons. The minimum absolute atomic E-state index is 0.160. The van der Waals surface area contributed by atoms with Gasteiger partial charge in [0.05, 0.1) is 19.8 Å². The van der Waals surface area contributed by atoms with Crippen molar-refractivity contribution < 1.29 is 24.3 Å². The van der Waals surface area contributed by atoms with Gasteiger partial charge in [0.15, 0.2) is 0 Å². The number of carbonyl (C=O) groups excluding carboxylic acids is 2. The van der Waals surface area contributed by atoms with E-state index in [-0.39, 0.29) is 18.8 Å². The fourth-order valence-electron chi connectivity index (χ4n) is 3.48. The highest BCUT2D eigenvalue weighted by atomic mass is 16.7. The van der Waals surface area contributed by atoms with Gasteiger partial charge in [0, 0.05) is 0 Å². The predicted octanol–water partition coefficient (Wildman–Crippen LogP) is 2.15. The third-order valence-electron chi connectivity index (χ3n) is 5.40. The molecule has 0 aromatic heterocycles. The van der Waals surface area contributed by atoms with Crippen LogP contribution in [-0.2, 0) is 27.3 Å². The Hall–Kier alpha value is -3.10. The van der Waals surface area contributed by atoms with Crippen LogP contribution in [0.25, 0.3) is 0 Å². The number of phenolic OH excluding ortho intramolecular Hbond substituents is 1. The first-order valence-electron chi connectivity index (χ1n) is 10.6. The SMILES string of the molecule is COc1ccc(CCCON(C(=O)[C@@H](N)Cc2c(C)cc(O)cc2C)[C@H](C)C(N)=O)cc1. The van der Waals surface area contributed by atoms with Crippen molar-refractivity contribution in [1.29, 1.82) is 0 Å². The van der Waals surface area contributed by atoms with E-state index in [0.717, 1.165) is 39.5 Å². The van der Waals surface area contributed by atoms with Gasteiger partial charge in [-0.2, -0.15) is 0 Å². The molecule has 0 aliphatic heterocycles. The van der Waals surface area contributed by atoms with Gasteiger partial charge in [-0.15, -0.1) is 0 Å². The maximum absolute atomic E-state index is 13.0. The summed E-state index contributed by atoms with van der Waals surface area (Å²) < 4.78 is 5.15. The summed E-state index contributed by atoms with van der Waals surface area (Å²) in [6.45, 7) is 5.42. The first kappa shape index (κ1) is 25.2. The predicted molar refractivity (Wildman–Crippen MR) is 122 cm³/mol. The second-order valence-electron chi connectivity index (χ2n) is 7.90. The summed E-state index contributed by atoms with van der Waals surface area (Å²) in [5.41, 5.74) is 15.3. The fraction of sp³-hybridized carbons (Fsp3) is 0.417. The molecule has 0 aliphatic carbocycles. The Morgan fingerprint density at radius 2 is 1.72 bits per heavy atom. The smallest absolute Gasteiger partial charge is 0.264 e. The highest BCUT2D eigenvalue weighted by molar-refractivity contribution is 5.88. The zero-order valence-corrected chi connectivity index (χ0v) is 19.1. The van der Waals surface area contributed by atoms with Crippen molar-refractivity contribution in [3.63, 3.8) is 0 Å². The number of aromatic hydroxyl groups is 1. The lowest BCUT2D eigenvalue weighted by atomic mass is 9.96. The molecule has 0 unspecified atom stereocenters. The van der Waals surface area contributed by atoms with E-state index in [1.807, 2.05) is 38.1 Å². The first-order chi connectivity index (χ1) is 15.1. The van der Waals surface area contributed by atoms with E-state index < -0.39 is 23.9 Å². The Morgan fingerprint density at radius 1 is 1.12 bits per heavy atom. The lowest BCUT2D eigenvalue weighted by Crippen LogP contribution is -2.52. The van der Waals surface area contributed by atoms with Crippen molar-refractivity contribution in [1.82, 2.24) is 5.06 Å². The molecule has 2 aromatic rings. The largest absolute Gasteiger partial charge is 0.508 e. The van der Waals surface area contributed by atoms with Gasteiger partial charge in [0.1, 0.15) is 17.5 Å². The Kier molecular flexibility index (Phi) is 9.04. The number of phenols is 1.